The maximum atomic E-state index is 13.9. The van der Waals surface area contributed by atoms with E-state index in [1.54, 1.807) is 6.33 Å². The normalized spacial score (nSPS) is 27.0. The van der Waals surface area contributed by atoms with Gasteiger partial charge in [0.15, 0.2) is 0 Å². The van der Waals surface area contributed by atoms with Crippen LogP contribution in [0.3, 0.4) is 0 Å². The number of nitrogens with zero attached hydrogens (tertiary/aromatic N) is 4. The fourth-order valence-electron chi connectivity index (χ4n) is 6.24. The summed E-state index contributed by atoms with van der Waals surface area (Å²) in [5, 5.41) is 4.43. The highest BCUT2D eigenvalue weighted by molar-refractivity contribution is 6.30. The van der Waals surface area contributed by atoms with Gasteiger partial charge in [-0.2, -0.15) is 0 Å². The van der Waals surface area contributed by atoms with Crippen molar-refractivity contribution in [3.05, 3.63) is 52.4 Å². The molecule has 2 fully saturated rings. The molecule has 34 heavy (non-hydrogen) atoms. The van der Waals surface area contributed by atoms with Crippen LogP contribution in [0.2, 0.25) is 5.02 Å². The van der Waals surface area contributed by atoms with E-state index in [0.717, 1.165) is 43.7 Å². The molecule has 0 radical (unpaired) electrons. The van der Waals surface area contributed by atoms with Gasteiger partial charge < -0.3 is 15.1 Å². The molecule has 0 saturated carbocycles. The maximum Gasteiger partial charge on any atom is 0.231 e. The zero-order chi connectivity index (χ0) is 24.0. The predicted molar refractivity (Wildman–Crippen MR) is 137 cm³/mol. The Hall–Kier alpha value is -2.18. The van der Waals surface area contributed by atoms with E-state index in [2.05, 4.69) is 52.8 Å². The van der Waals surface area contributed by atoms with Crippen LogP contribution in [-0.2, 0) is 4.79 Å². The molecule has 5 rings (SSSR count). The average Bonchev–Trinajstić information content (AvgIpc) is 3.33. The molecule has 7 heteroatoms. The van der Waals surface area contributed by atoms with Gasteiger partial charge in [0.25, 0.3) is 0 Å². The summed E-state index contributed by atoms with van der Waals surface area (Å²) in [6.07, 6.45) is 4.91. The van der Waals surface area contributed by atoms with Crippen molar-refractivity contribution in [2.45, 2.75) is 76.3 Å². The third kappa shape index (κ3) is 4.42. The van der Waals surface area contributed by atoms with Crippen LogP contribution in [0.15, 0.2) is 30.6 Å². The Morgan fingerprint density at radius 3 is 2.44 bits per heavy atom. The third-order valence-electron chi connectivity index (χ3n) is 8.01. The summed E-state index contributed by atoms with van der Waals surface area (Å²) >= 11 is 6.16. The quantitative estimate of drug-likeness (QED) is 0.685. The summed E-state index contributed by atoms with van der Waals surface area (Å²) in [6, 6.07) is 7.95. The number of halogens is 1. The Morgan fingerprint density at radius 2 is 1.79 bits per heavy atom. The van der Waals surface area contributed by atoms with Crippen molar-refractivity contribution in [1.29, 1.82) is 0 Å². The van der Waals surface area contributed by atoms with Crippen LogP contribution in [0.4, 0.5) is 5.82 Å². The summed E-state index contributed by atoms with van der Waals surface area (Å²) in [5.74, 6) is 2.05. The topological polar surface area (TPSA) is 61.4 Å². The highest BCUT2D eigenvalue weighted by atomic mass is 35.5. The standard InChI is InChI=1S/C27H36ClN5O/c1-17-15-18(2)24-22(17)25(30-16-29-24)32-11-13-33(14-12-32)26(34)23(19-5-7-20(28)8-6-19)21-9-10-27(3,4)31-21/h5-8,16-18,21,23,31H,9-15H2,1-4H3/t17?,18-,21-,23-/m0/s1. The van der Waals surface area contributed by atoms with Crippen LogP contribution in [0.1, 0.15) is 81.5 Å². The number of benzene rings is 1. The van der Waals surface area contributed by atoms with E-state index < -0.39 is 0 Å². The van der Waals surface area contributed by atoms with Gasteiger partial charge in [-0.1, -0.05) is 37.6 Å². The van der Waals surface area contributed by atoms with Gasteiger partial charge in [0, 0.05) is 48.3 Å². The molecule has 1 N–H and O–H groups in total. The minimum absolute atomic E-state index is 0.0511. The number of carbonyl (C=O) groups is 1. The van der Waals surface area contributed by atoms with E-state index in [0.29, 0.717) is 29.9 Å². The number of aromatic nitrogens is 2. The number of fused-ring (bicyclic) bond motifs is 1. The highest BCUT2D eigenvalue weighted by Gasteiger charge is 2.41. The minimum atomic E-state index is -0.199. The van der Waals surface area contributed by atoms with Crippen molar-refractivity contribution in [2.24, 2.45) is 0 Å². The first-order valence-electron chi connectivity index (χ1n) is 12.6. The second kappa shape index (κ2) is 9.12. The molecule has 1 amide bonds. The molecule has 1 aromatic heterocycles. The number of carbonyl (C=O) groups excluding carboxylic acids is 1. The Balaban J connectivity index is 1.33. The van der Waals surface area contributed by atoms with Crippen molar-refractivity contribution in [3.8, 4) is 0 Å². The molecule has 2 saturated heterocycles. The van der Waals surface area contributed by atoms with Gasteiger partial charge in [0.2, 0.25) is 5.91 Å². The number of anilines is 1. The first kappa shape index (κ1) is 23.6. The van der Waals surface area contributed by atoms with E-state index in [1.807, 2.05) is 24.3 Å². The molecule has 182 valence electrons. The number of hydrogen-bond donors (Lipinski definition) is 1. The zero-order valence-corrected chi connectivity index (χ0v) is 21.5. The van der Waals surface area contributed by atoms with Crippen molar-refractivity contribution in [1.82, 2.24) is 20.2 Å². The number of piperazine rings is 1. The molecule has 1 unspecified atom stereocenters. The van der Waals surface area contributed by atoms with E-state index in [1.165, 1.54) is 11.3 Å². The summed E-state index contributed by atoms with van der Waals surface area (Å²) in [6.45, 7) is 12.0. The lowest BCUT2D eigenvalue weighted by atomic mass is 9.88. The highest BCUT2D eigenvalue weighted by Crippen LogP contribution is 2.44. The predicted octanol–water partition coefficient (Wildman–Crippen LogP) is 4.70. The lowest BCUT2D eigenvalue weighted by Crippen LogP contribution is -2.53. The monoisotopic (exact) mass is 481 g/mol. The average molecular weight is 482 g/mol. The molecule has 2 aromatic rings. The largest absolute Gasteiger partial charge is 0.353 e. The smallest absolute Gasteiger partial charge is 0.231 e. The second-order valence-corrected chi connectivity index (χ2v) is 11.5. The van der Waals surface area contributed by atoms with Crippen LogP contribution in [-0.4, -0.2) is 58.5 Å². The van der Waals surface area contributed by atoms with Crippen LogP contribution < -0.4 is 10.2 Å². The molecule has 6 nitrogen and oxygen atoms in total. The molecule has 3 heterocycles. The van der Waals surface area contributed by atoms with Gasteiger partial charge in [-0.25, -0.2) is 9.97 Å². The number of nitrogens with one attached hydrogen (secondary N) is 1. The maximum absolute atomic E-state index is 13.9. The van der Waals surface area contributed by atoms with Gasteiger partial charge in [-0.3, -0.25) is 4.79 Å². The van der Waals surface area contributed by atoms with Crippen LogP contribution in [0, 0.1) is 0 Å². The molecular weight excluding hydrogens is 446 g/mol. The fourth-order valence-corrected chi connectivity index (χ4v) is 6.37. The number of amides is 1. The van der Waals surface area contributed by atoms with Crippen LogP contribution >= 0.6 is 11.6 Å². The molecule has 0 spiro atoms. The van der Waals surface area contributed by atoms with Crippen molar-refractivity contribution in [3.63, 3.8) is 0 Å². The molecule has 3 aliphatic rings. The lowest BCUT2D eigenvalue weighted by Gasteiger charge is -2.39. The molecule has 2 aliphatic heterocycles. The van der Waals surface area contributed by atoms with Gasteiger partial charge in [-0.05, 0) is 62.6 Å². The van der Waals surface area contributed by atoms with E-state index in [-0.39, 0.29) is 23.4 Å². The van der Waals surface area contributed by atoms with Gasteiger partial charge >= 0.3 is 0 Å². The SMILES string of the molecule is CC1C[C@H](C)c2ncnc(N3CCN(C(=O)[C@@H](c4ccc(Cl)cc4)[C@@H]4CCC(C)(C)N4)CC3)c21. The van der Waals surface area contributed by atoms with Crippen LogP contribution in [0.25, 0.3) is 0 Å². The van der Waals surface area contributed by atoms with Gasteiger partial charge in [0.1, 0.15) is 12.1 Å². The number of rotatable bonds is 4. The first-order chi connectivity index (χ1) is 16.2. The Kier molecular flexibility index (Phi) is 6.32. The third-order valence-corrected chi connectivity index (χ3v) is 8.26. The Labute approximate surface area is 208 Å². The summed E-state index contributed by atoms with van der Waals surface area (Å²) in [7, 11) is 0. The molecular formula is C27H36ClN5O. The van der Waals surface area contributed by atoms with Gasteiger partial charge in [0.05, 0.1) is 11.6 Å². The Bertz CT molecular complexity index is 1050. The summed E-state index contributed by atoms with van der Waals surface area (Å²) in [4.78, 5) is 27.6. The molecule has 1 aromatic carbocycles. The zero-order valence-electron chi connectivity index (χ0n) is 20.7. The molecule has 4 atom stereocenters. The molecule has 0 bridgehead atoms. The van der Waals surface area contributed by atoms with E-state index in [9.17, 15) is 4.79 Å². The number of hydrogen-bond acceptors (Lipinski definition) is 5. The minimum Gasteiger partial charge on any atom is -0.353 e. The van der Waals surface area contributed by atoms with Crippen molar-refractivity contribution in [2.75, 3.05) is 31.1 Å². The molecule has 1 aliphatic carbocycles. The van der Waals surface area contributed by atoms with Crippen molar-refractivity contribution < 1.29 is 4.79 Å². The fraction of sp³-hybridized carbons (Fsp3) is 0.593. The Morgan fingerprint density at radius 1 is 1.09 bits per heavy atom. The van der Waals surface area contributed by atoms with Crippen molar-refractivity contribution >= 4 is 23.3 Å². The van der Waals surface area contributed by atoms with Crippen LogP contribution in [0.5, 0.6) is 0 Å². The summed E-state index contributed by atoms with van der Waals surface area (Å²) in [5.41, 5.74) is 3.61. The van der Waals surface area contributed by atoms with E-state index in [4.69, 9.17) is 11.6 Å². The lowest BCUT2D eigenvalue weighted by molar-refractivity contribution is -0.133. The first-order valence-corrected chi connectivity index (χ1v) is 13.0. The summed E-state index contributed by atoms with van der Waals surface area (Å²) < 4.78 is 0. The van der Waals surface area contributed by atoms with E-state index >= 15 is 0 Å². The second-order valence-electron chi connectivity index (χ2n) is 11.0. The van der Waals surface area contributed by atoms with Gasteiger partial charge in [-0.15, -0.1) is 0 Å².